The first-order valence-corrected chi connectivity index (χ1v) is 6.54. The van der Waals surface area contributed by atoms with Crippen LogP contribution < -0.4 is 5.32 Å². The lowest BCUT2D eigenvalue weighted by Gasteiger charge is -2.01. The van der Waals surface area contributed by atoms with E-state index in [1.807, 2.05) is 30.3 Å². The standard InChI is InChI=1S/C17H17NO2/c1-2-13-6-8-14(9-7-13)17(20)10-11-18-15-4-3-5-16(19)12-15/h3-12,18-19H,2H2,1H3/b11-10+. The quantitative estimate of drug-likeness (QED) is 0.640. The van der Waals surface area contributed by atoms with Gasteiger partial charge in [-0.15, -0.1) is 0 Å². The minimum atomic E-state index is -0.0553. The van der Waals surface area contributed by atoms with Gasteiger partial charge in [-0.2, -0.15) is 0 Å². The highest BCUT2D eigenvalue weighted by molar-refractivity contribution is 6.04. The number of ketones is 1. The molecule has 0 atom stereocenters. The fraction of sp³-hybridized carbons (Fsp3) is 0.118. The Kier molecular flexibility index (Phi) is 4.56. The summed E-state index contributed by atoms with van der Waals surface area (Å²) in [6.07, 6.45) is 4.01. The first-order valence-electron chi connectivity index (χ1n) is 6.54. The number of rotatable bonds is 5. The van der Waals surface area contributed by atoms with E-state index in [2.05, 4.69) is 12.2 Å². The number of aryl methyl sites for hydroxylation is 1. The molecule has 3 heteroatoms. The van der Waals surface area contributed by atoms with Crippen LogP contribution >= 0.6 is 0 Å². The SMILES string of the molecule is CCc1ccc(C(=O)/C=C/Nc2cccc(O)c2)cc1. The van der Waals surface area contributed by atoms with E-state index in [0.717, 1.165) is 12.1 Å². The van der Waals surface area contributed by atoms with Crippen LogP contribution in [0, 0.1) is 0 Å². The fourth-order valence-electron chi connectivity index (χ4n) is 1.81. The van der Waals surface area contributed by atoms with Crippen molar-refractivity contribution in [3.63, 3.8) is 0 Å². The van der Waals surface area contributed by atoms with E-state index >= 15 is 0 Å². The molecule has 2 rings (SSSR count). The Morgan fingerprint density at radius 1 is 1.20 bits per heavy atom. The van der Waals surface area contributed by atoms with E-state index in [1.54, 1.807) is 24.4 Å². The molecule has 0 radical (unpaired) electrons. The number of nitrogens with one attached hydrogen (secondary N) is 1. The van der Waals surface area contributed by atoms with Crippen molar-refractivity contribution in [2.45, 2.75) is 13.3 Å². The third-order valence-electron chi connectivity index (χ3n) is 2.98. The van der Waals surface area contributed by atoms with Gasteiger partial charge >= 0.3 is 0 Å². The number of hydrogen-bond acceptors (Lipinski definition) is 3. The van der Waals surface area contributed by atoms with E-state index in [0.29, 0.717) is 5.56 Å². The molecule has 3 nitrogen and oxygen atoms in total. The number of phenols is 1. The van der Waals surface area contributed by atoms with Crippen LogP contribution in [0.1, 0.15) is 22.8 Å². The molecule has 0 aromatic heterocycles. The van der Waals surface area contributed by atoms with Crippen molar-refractivity contribution >= 4 is 11.5 Å². The summed E-state index contributed by atoms with van der Waals surface area (Å²) in [7, 11) is 0. The molecule has 0 aliphatic carbocycles. The average Bonchev–Trinajstić information content (AvgIpc) is 2.47. The monoisotopic (exact) mass is 267 g/mol. The second-order valence-electron chi connectivity index (χ2n) is 4.44. The summed E-state index contributed by atoms with van der Waals surface area (Å²) in [6, 6.07) is 14.3. The molecular weight excluding hydrogens is 250 g/mol. The van der Waals surface area contributed by atoms with Gasteiger partial charge in [0.05, 0.1) is 0 Å². The third kappa shape index (κ3) is 3.72. The van der Waals surface area contributed by atoms with Gasteiger partial charge in [0.25, 0.3) is 0 Å². The van der Waals surface area contributed by atoms with Gasteiger partial charge in [-0.05, 0) is 24.1 Å². The lowest BCUT2D eigenvalue weighted by Crippen LogP contribution is -1.96. The van der Waals surface area contributed by atoms with Gasteiger partial charge in [0.2, 0.25) is 0 Å². The van der Waals surface area contributed by atoms with Crippen LogP contribution in [0.4, 0.5) is 5.69 Å². The molecule has 0 unspecified atom stereocenters. The van der Waals surface area contributed by atoms with E-state index in [4.69, 9.17) is 0 Å². The van der Waals surface area contributed by atoms with Crippen molar-refractivity contribution < 1.29 is 9.90 Å². The molecule has 0 heterocycles. The summed E-state index contributed by atoms with van der Waals surface area (Å²) >= 11 is 0. The topological polar surface area (TPSA) is 49.3 Å². The van der Waals surface area contributed by atoms with Crippen LogP contribution in [0.2, 0.25) is 0 Å². The number of aromatic hydroxyl groups is 1. The zero-order valence-corrected chi connectivity index (χ0v) is 11.3. The van der Waals surface area contributed by atoms with Gasteiger partial charge in [-0.1, -0.05) is 37.3 Å². The first-order chi connectivity index (χ1) is 9.69. The summed E-state index contributed by atoms with van der Waals surface area (Å²) < 4.78 is 0. The van der Waals surface area contributed by atoms with Crippen LogP contribution in [0.5, 0.6) is 5.75 Å². The molecule has 102 valence electrons. The second kappa shape index (κ2) is 6.57. The summed E-state index contributed by atoms with van der Waals surface area (Å²) in [5, 5.41) is 12.3. The van der Waals surface area contributed by atoms with Crippen LogP contribution in [0.25, 0.3) is 0 Å². The van der Waals surface area contributed by atoms with Crippen molar-refractivity contribution in [3.8, 4) is 5.75 Å². The molecular formula is C17H17NO2. The molecule has 2 aromatic rings. The van der Waals surface area contributed by atoms with Crippen molar-refractivity contribution in [2.24, 2.45) is 0 Å². The van der Waals surface area contributed by atoms with Gasteiger partial charge in [0, 0.05) is 29.6 Å². The normalized spacial score (nSPS) is 10.7. The molecule has 0 saturated heterocycles. The Bertz CT molecular complexity index is 615. The van der Waals surface area contributed by atoms with Crippen molar-refractivity contribution in [1.82, 2.24) is 0 Å². The highest BCUT2D eigenvalue weighted by atomic mass is 16.3. The number of allylic oxidation sites excluding steroid dienone is 1. The lowest BCUT2D eigenvalue weighted by molar-refractivity contribution is 0.104. The zero-order chi connectivity index (χ0) is 14.4. The lowest BCUT2D eigenvalue weighted by atomic mass is 10.1. The van der Waals surface area contributed by atoms with Crippen LogP contribution in [-0.4, -0.2) is 10.9 Å². The molecule has 0 saturated carbocycles. The molecule has 0 aliphatic heterocycles. The van der Waals surface area contributed by atoms with E-state index < -0.39 is 0 Å². The minimum Gasteiger partial charge on any atom is -0.508 e. The average molecular weight is 267 g/mol. The Morgan fingerprint density at radius 2 is 1.95 bits per heavy atom. The molecule has 0 bridgehead atoms. The number of phenolic OH excluding ortho intramolecular Hbond substituents is 1. The fourth-order valence-corrected chi connectivity index (χ4v) is 1.81. The summed E-state index contributed by atoms with van der Waals surface area (Å²) in [4.78, 5) is 11.9. The highest BCUT2D eigenvalue weighted by Crippen LogP contribution is 2.15. The van der Waals surface area contributed by atoms with E-state index in [9.17, 15) is 9.90 Å². The summed E-state index contributed by atoms with van der Waals surface area (Å²) in [6.45, 7) is 2.08. The van der Waals surface area contributed by atoms with Crippen molar-refractivity contribution in [2.75, 3.05) is 5.32 Å². The predicted molar refractivity (Wildman–Crippen MR) is 81.0 cm³/mol. The Balaban J connectivity index is 1.98. The summed E-state index contributed by atoms with van der Waals surface area (Å²) in [5.41, 5.74) is 2.61. The first kappa shape index (κ1) is 13.9. The smallest absolute Gasteiger partial charge is 0.187 e. The van der Waals surface area contributed by atoms with Crippen molar-refractivity contribution in [3.05, 3.63) is 71.9 Å². The van der Waals surface area contributed by atoms with Gasteiger partial charge in [0.15, 0.2) is 5.78 Å². The Morgan fingerprint density at radius 3 is 2.60 bits per heavy atom. The number of carbonyl (C=O) groups is 1. The van der Waals surface area contributed by atoms with Crippen LogP contribution in [0.3, 0.4) is 0 Å². The maximum atomic E-state index is 11.9. The number of benzene rings is 2. The van der Waals surface area contributed by atoms with Crippen LogP contribution in [-0.2, 0) is 6.42 Å². The van der Waals surface area contributed by atoms with Crippen LogP contribution in [0.15, 0.2) is 60.8 Å². The Labute approximate surface area is 118 Å². The van der Waals surface area contributed by atoms with Gasteiger partial charge < -0.3 is 10.4 Å². The van der Waals surface area contributed by atoms with Crippen molar-refractivity contribution in [1.29, 1.82) is 0 Å². The van der Waals surface area contributed by atoms with Gasteiger partial charge in [-0.25, -0.2) is 0 Å². The zero-order valence-electron chi connectivity index (χ0n) is 11.3. The van der Waals surface area contributed by atoms with E-state index in [1.165, 1.54) is 11.6 Å². The largest absolute Gasteiger partial charge is 0.508 e. The number of hydrogen-bond donors (Lipinski definition) is 2. The second-order valence-corrected chi connectivity index (χ2v) is 4.44. The number of anilines is 1. The molecule has 0 spiro atoms. The molecule has 0 aliphatic rings. The molecule has 2 aromatic carbocycles. The molecule has 0 fully saturated rings. The van der Waals surface area contributed by atoms with E-state index in [-0.39, 0.29) is 11.5 Å². The summed E-state index contributed by atoms with van der Waals surface area (Å²) in [5.74, 6) is 0.130. The molecule has 20 heavy (non-hydrogen) atoms. The Hall–Kier alpha value is -2.55. The van der Waals surface area contributed by atoms with Gasteiger partial charge in [0.1, 0.15) is 5.75 Å². The third-order valence-corrected chi connectivity index (χ3v) is 2.98. The minimum absolute atomic E-state index is 0.0553. The predicted octanol–water partition coefficient (Wildman–Crippen LogP) is 3.76. The molecule has 2 N–H and O–H groups in total. The highest BCUT2D eigenvalue weighted by Gasteiger charge is 2.00. The molecule has 0 amide bonds. The maximum Gasteiger partial charge on any atom is 0.187 e. The van der Waals surface area contributed by atoms with Gasteiger partial charge in [-0.3, -0.25) is 4.79 Å². The number of carbonyl (C=O) groups excluding carboxylic acids is 1. The maximum absolute atomic E-state index is 11.9.